The smallest absolute Gasteiger partial charge is 0.329 e. The second kappa shape index (κ2) is 6.09. The molecule has 0 aliphatic rings. The number of carboxylic acids is 1. The number of aliphatic carboxylic acids is 1. The van der Waals surface area contributed by atoms with Crippen LogP contribution in [0.15, 0.2) is 18.2 Å². The van der Waals surface area contributed by atoms with Crippen molar-refractivity contribution in [1.29, 1.82) is 0 Å². The molecule has 0 saturated carbocycles. The van der Waals surface area contributed by atoms with Gasteiger partial charge in [-0.3, -0.25) is 14.9 Å². The third-order valence-corrected chi connectivity index (χ3v) is 3.47. The summed E-state index contributed by atoms with van der Waals surface area (Å²) in [5.41, 5.74) is -1.81. The molecule has 0 saturated heterocycles. The van der Waals surface area contributed by atoms with E-state index in [0.717, 1.165) is 11.0 Å². The molecule has 0 atom stereocenters. The van der Waals surface area contributed by atoms with E-state index in [1.165, 1.54) is 26.0 Å². The zero-order valence-electron chi connectivity index (χ0n) is 11.8. The number of hydrogen-bond donors (Lipinski definition) is 1. The van der Waals surface area contributed by atoms with Gasteiger partial charge in [-0.05, 0) is 32.9 Å². The van der Waals surface area contributed by atoms with Crippen LogP contribution in [-0.4, -0.2) is 38.9 Å². The molecule has 1 aromatic carbocycles. The number of nitrogens with zero attached hydrogens (tertiary/aromatic N) is 2. The molecule has 114 valence electrons. The number of benzene rings is 1. The van der Waals surface area contributed by atoms with Gasteiger partial charge in [0.15, 0.2) is 0 Å². The van der Waals surface area contributed by atoms with Gasteiger partial charge in [-0.25, -0.2) is 4.79 Å². The van der Waals surface area contributed by atoms with Gasteiger partial charge in [0, 0.05) is 18.2 Å². The van der Waals surface area contributed by atoms with E-state index >= 15 is 0 Å². The molecule has 0 aliphatic carbocycles. The maximum absolute atomic E-state index is 12.4. The van der Waals surface area contributed by atoms with Crippen LogP contribution in [0.1, 0.15) is 31.1 Å². The van der Waals surface area contributed by atoms with Gasteiger partial charge in [0.1, 0.15) is 10.6 Å². The number of halogens is 1. The average molecular weight is 315 g/mol. The van der Waals surface area contributed by atoms with Crippen molar-refractivity contribution in [2.45, 2.75) is 26.3 Å². The summed E-state index contributed by atoms with van der Waals surface area (Å²) in [6.07, 6.45) is 0. The maximum Gasteiger partial charge on any atom is 0.329 e. The number of nitro groups is 1. The lowest BCUT2D eigenvalue weighted by Crippen LogP contribution is -2.52. The highest BCUT2D eigenvalue weighted by Gasteiger charge is 2.37. The van der Waals surface area contributed by atoms with Crippen LogP contribution in [0.25, 0.3) is 0 Å². The monoisotopic (exact) mass is 314 g/mol. The van der Waals surface area contributed by atoms with Crippen molar-refractivity contribution in [1.82, 2.24) is 4.90 Å². The van der Waals surface area contributed by atoms with E-state index in [9.17, 15) is 24.8 Å². The molecule has 7 nitrogen and oxygen atoms in total. The molecule has 0 heterocycles. The zero-order valence-corrected chi connectivity index (χ0v) is 12.5. The molecule has 0 bridgehead atoms. The summed E-state index contributed by atoms with van der Waals surface area (Å²) in [5.74, 6) is -1.77. The number of carbonyl (C=O) groups excluding carboxylic acids is 1. The third kappa shape index (κ3) is 3.30. The first-order chi connectivity index (χ1) is 9.62. The summed E-state index contributed by atoms with van der Waals surface area (Å²) in [6, 6.07) is 3.62. The van der Waals surface area contributed by atoms with Crippen molar-refractivity contribution in [2.24, 2.45) is 0 Å². The SMILES string of the molecule is CCN(C(=O)c1ccc(Cl)c([N+](=O)[O-])c1)C(C)(C)C(=O)O. The van der Waals surface area contributed by atoms with Crippen LogP contribution in [0, 0.1) is 10.1 Å². The number of amides is 1. The molecule has 1 rings (SSSR count). The number of carbonyl (C=O) groups is 2. The van der Waals surface area contributed by atoms with Gasteiger partial charge in [-0.15, -0.1) is 0 Å². The topological polar surface area (TPSA) is 101 Å². The molecule has 1 aromatic rings. The van der Waals surface area contributed by atoms with E-state index < -0.39 is 28.0 Å². The highest BCUT2D eigenvalue weighted by atomic mass is 35.5. The Hall–Kier alpha value is -2.15. The van der Waals surface area contributed by atoms with Crippen LogP contribution in [0.4, 0.5) is 5.69 Å². The molecule has 1 amide bonds. The maximum atomic E-state index is 12.4. The predicted octanol–water partition coefficient (Wildman–Crippen LogP) is 2.57. The van der Waals surface area contributed by atoms with E-state index in [1.54, 1.807) is 6.92 Å². The molecular weight excluding hydrogens is 300 g/mol. The molecule has 0 radical (unpaired) electrons. The van der Waals surface area contributed by atoms with Crippen molar-refractivity contribution in [3.05, 3.63) is 38.9 Å². The molecule has 1 N–H and O–H groups in total. The van der Waals surface area contributed by atoms with Crippen LogP contribution in [0.3, 0.4) is 0 Å². The van der Waals surface area contributed by atoms with Crippen molar-refractivity contribution in [2.75, 3.05) is 6.54 Å². The Morgan fingerprint density at radius 1 is 1.43 bits per heavy atom. The Balaban J connectivity index is 3.27. The van der Waals surface area contributed by atoms with E-state index in [0.29, 0.717) is 0 Å². The molecule has 8 heteroatoms. The van der Waals surface area contributed by atoms with Gasteiger partial charge in [0.2, 0.25) is 0 Å². The number of carboxylic acid groups (broad SMARTS) is 1. The highest BCUT2D eigenvalue weighted by Crippen LogP contribution is 2.27. The fraction of sp³-hybridized carbons (Fsp3) is 0.385. The highest BCUT2D eigenvalue weighted by molar-refractivity contribution is 6.32. The summed E-state index contributed by atoms with van der Waals surface area (Å²) >= 11 is 5.69. The lowest BCUT2D eigenvalue weighted by Gasteiger charge is -2.34. The first kappa shape index (κ1) is 16.9. The molecule has 0 unspecified atom stereocenters. The molecule has 0 fully saturated rings. The summed E-state index contributed by atoms with van der Waals surface area (Å²) in [4.78, 5) is 34.9. The first-order valence-electron chi connectivity index (χ1n) is 6.12. The number of hydrogen-bond acceptors (Lipinski definition) is 4. The van der Waals surface area contributed by atoms with Gasteiger partial charge in [0.25, 0.3) is 11.6 Å². The van der Waals surface area contributed by atoms with Crippen LogP contribution < -0.4 is 0 Å². The second-order valence-electron chi connectivity index (χ2n) is 4.84. The lowest BCUT2D eigenvalue weighted by molar-refractivity contribution is -0.384. The predicted molar refractivity (Wildman–Crippen MR) is 76.5 cm³/mol. The van der Waals surface area contributed by atoms with Crippen molar-refractivity contribution >= 4 is 29.2 Å². The fourth-order valence-electron chi connectivity index (χ4n) is 1.85. The standard InChI is InChI=1S/C13H15ClN2O5/c1-4-15(13(2,3)12(18)19)11(17)8-5-6-9(14)10(7-8)16(20)21/h5-7H,4H2,1-3H3,(H,18,19). The van der Waals surface area contributed by atoms with E-state index in [4.69, 9.17) is 11.6 Å². The van der Waals surface area contributed by atoms with E-state index in [2.05, 4.69) is 0 Å². The summed E-state index contributed by atoms with van der Waals surface area (Å²) in [6.45, 7) is 4.56. The Labute approximate surface area is 126 Å². The Kier molecular flexibility index (Phi) is 4.90. The molecule has 0 aromatic heterocycles. The molecule has 21 heavy (non-hydrogen) atoms. The molecule has 0 aliphatic heterocycles. The average Bonchev–Trinajstić information content (AvgIpc) is 2.38. The van der Waals surface area contributed by atoms with Gasteiger partial charge in [-0.2, -0.15) is 0 Å². The van der Waals surface area contributed by atoms with Gasteiger partial charge in [0.05, 0.1) is 4.92 Å². The van der Waals surface area contributed by atoms with Crippen molar-refractivity contribution in [3.63, 3.8) is 0 Å². The minimum atomic E-state index is -1.43. The van der Waals surface area contributed by atoms with Gasteiger partial charge < -0.3 is 10.0 Å². The van der Waals surface area contributed by atoms with Crippen molar-refractivity contribution in [3.8, 4) is 0 Å². The van der Waals surface area contributed by atoms with Crippen molar-refractivity contribution < 1.29 is 19.6 Å². The minimum absolute atomic E-state index is 0.0160. The van der Waals surface area contributed by atoms with E-state index in [-0.39, 0.29) is 17.1 Å². The van der Waals surface area contributed by atoms with Crippen LogP contribution in [0.2, 0.25) is 5.02 Å². The summed E-state index contributed by atoms with van der Waals surface area (Å²) in [7, 11) is 0. The molecule has 0 spiro atoms. The Morgan fingerprint density at radius 3 is 2.43 bits per heavy atom. The third-order valence-electron chi connectivity index (χ3n) is 3.15. The number of likely N-dealkylation sites (N-methyl/N-ethyl adjacent to an activating group) is 1. The zero-order chi connectivity index (χ0) is 16.4. The largest absolute Gasteiger partial charge is 0.480 e. The quantitative estimate of drug-likeness (QED) is 0.665. The summed E-state index contributed by atoms with van der Waals surface area (Å²) < 4.78 is 0. The van der Waals surface area contributed by atoms with Gasteiger partial charge >= 0.3 is 5.97 Å². The number of rotatable bonds is 5. The Bertz CT molecular complexity index is 600. The van der Waals surface area contributed by atoms with E-state index in [1.807, 2.05) is 0 Å². The summed E-state index contributed by atoms with van der Waals surface area (Å²) in [5, 5.41) is 20.0. The first-order valence-corrected chi connectivity index (χ1v) is 6.50. The fourth-order valence-corrected chi connectivity index (χ4v) is 2.04. The molecular formula is C13H15ClN2O5. The normalized spacial score (nSPS) is 11.0. The van der Waals surface area contributed by atoms with Crippen LogP contribution >= 0.6 is 11.6 Å². The van der Waals surface area contributed by atoms with Gasteiger partial charge in [-0.1, -0.05) is 11.6 Å². The lowest BCUT2D eigenvalue weighted by atomic mass is 10.0. The van der Waals surface area contributed by atoms with Crippen LogP contribution in [-0.2, 0) is 4.79 Å². The Morgan fingerprint density at radius 2 is 2.00 bits per heavy atom. The second-order valence-corrected chi connectivity index (χ2v) is 5.24. The minimum Gasteiger partial charge on any atom is -0.480 e. The van der Waals surface area contributed by atoms with Crippen LogP contribution in [0.5, 0.6) is 0 Å². The number of nitro benzene ring substituents is 1.